The Morgan fingerprint density at radius 2 is 2.07 bits per heavy atom. The molecule has 0 aromatic heterocycles. The fourth-order valence-electron chi connectivity index (χ4n) is 5.43. The van der Waals surface area contributed by atoms with E-state index in [0.29, 0.717) is 25.9 Å². The largest absolute Gasteiger partial charge is 0.481 e. The van der Waals surface area contributed by atoms with Crippen LogP contribution in [0.2, 0.25) is 0 Å². The van der Waals surface area contributed by atoms with E-state index in [1.165, 1.54) is 16.7 Å². The summed E-state index contributed by atoms with van der Waals surface area (Å²) < 4.78 is -0.743. The molecule has 2 unspecified atom stereocenters. The summed E-state index contributed by atoms with van der Waals surface area (Å²) in [4.78, 5) is 42.1. The van der Waals surface area contributed by atoms with Crippen molar-refractivity contribution in [3.05, 3.63) is 48.6 Å². The van der Waals surface area contributed by atoms with Crippen LogP contribution in [0.1, 0.15) is 18.4 Å². The van der Waals surface area contributed by atoms with Crippen LogP contribution < -0.4 is 0 Å². The number of hydrogen-bond acceptors (Lipinski definition) is 5. The van der Waals surface area contributed by atoms with Crippen molar-refractivity contribution in [3.8, 4) is 0 Å². The third-order valence-corrected chi connectivity index (χ3v) is 8.49. The maximum Gasteiger partial charge on any atom is 0.308 e. The van der Waals surface area contributed by atoms with Crippen LogP contribution >= 0.6 is 11.8 Å². The van der Waals surface area contributed by atoms with Gasteiger partial charge in [0.2, 0.25) is 11.8 Å². The molecule has 3 fully saturated rings. The second kappa shape index (κ2) is 8.07. The lowest BCUT2D eigenvalue weighted by Crippen LogP contribution is -2.54. The number of thioether (sulfide) groups is 1. The summed E-state index contributed by atoms with van der Waals surface area (Å²) in [5.74, 6) is -3.00. The molecule has 4 rings (SSSR count). The molecule has 1 aromatic rings. The van der Waals surface area contributed by atoms with Crippen molar-refractivity contribution >= 4 is 29.5 Å². The van der Waals surface area contributed by atoms with E-state index >= 15 is 0 Å². The van der Waals surface area contributed by atoms with Crippen LogP contribution in [0.4, 0.5) is 0 Å². The fraction of sp³-hybridized carbons (Fsp3) is 0.500. The lowest BCUT2D eigenvalue weighted by atomic mass is 9.71. The van der Waals surface area contributed by atoms with Gasteiger partial charge in [-0.15, -0.1) is 18.3 Å². The summed E-state index contributed by atoms with van der Waals surface area (Å²) in [6, 6.07) is 8.82. The molecule has 0 saturated carbocycles. The molecular weight excluding hydrogens is 404 g/mol. The number of likely N-dealkylation sites (tertiary alicyclic amines) is 1. The van der Waals surface area contributed by atoms with Crippen molar-refractivity contribution in [1.82, 2.24) is 9.80 Å². The van der Waals surface area contributed by atoms with Gasteiger partial charge in [0, 0.05) is 24.9 Å². The molecule has 3 aliphatic heterocycles. The SMILES string of the molecule is C=CCN(Cc1ccccc1)C(=O)C1N(CCO)C(=O)[C@@H]2[C@H](C(=O)O)[C@@H]3CCC12S3. The Hall–Kier alpha value is -2.32. The molecule has 1 spiro atoms. The van der Waals surface area contributed by atoms with Crippen LogP contribution in [0.3, 0.4) is 0 Å². The maximum atomic E-state index is 13.8. The molecular formula is C22H26N2O5S. The number of rotatable bonds is 8. The van der Waals surface area contributed by atoms with E-state index < -0.39 is 28.6 Å². The maximum absolute atomic E-state index is 13.8. The predicted octanol–water partition coefficient (Wildman–Crippen LogP) is 1.37. The van der Waals surface area contributed by atoms with Gasteiger partial charge in [0.05, 0.1) is 23.2 Å². The zero-order valence-corrected chi connectivity index (χ0v) is 17.5. The minimum atomic E-state index is -0.975. The molecule has 8 heteroatoms. The average Bonchev–Trinajstić information content (AvgIpc) is 3.36. The number of amides is 2. The molecule has 2 amide bonds. The van der Waals surface area contributed by atoms with E-state index in [-0.39, 0.29) is 30.2 Å². The van der Waals surface area contributed by atoms with Crippen LogP contribution in [-0.4, -0.2) is 73.5 Å². The molecule has 5 atom stereocenters. The van der Waals surface area contributed by atoms with Gasteiger partial charge in [0.15, 0.2) is 0 Å². The number of hydrogen-bond donors (Lipinski definition) is 2. The highest BCUT2D eigenvalue weighted by atomic mass is 32.2. The molecule has 3 heterocycles. The molecule has 30 heavy (non-hydrogen) atoms. The van der Waals surface area contributed by atoms with Crippen LogP contribution in [0, 0.1) is 11.8 Å². The van der Waals surface area contributed by atoms with Crippen molar-refractivity contribution < 1.29 is 24.6 Å². The zero-order chi connectivity index (χ0) is 21.5. The van der Waals surface area contributed by atoms with Gasteiger partial charge in [-0.25, -0.2) is 0 Å². The Bertz CT molecular complexity index is 862. The second-order valence-electron chi connectivity index (χ2n) is 8.14. The van der Waals surface area contributed by atoms with Gasteiger partial charge in [-0.1, -0.05) is 36.4 Å². The van der Waals surface area contributed by atoms with Gasteiger partial charge in [0.25, 0.3) is 0 Å². The summed E-state index contributed by atoms with van der Waals surface area (Å²) in [5.41, 5.74) is 0.964. The smallest absolute Gasteiger partial charge is 0.308 e. The number of aliphatic carboxylic acids is 1. The summed E-state index contributed by atoms with van der Waals surface area (Å²) in [5, 5.41) is 19.2. The molecule has 1 aromatic carbocycles. The topological polar surface area (TPSA) is 98.2 Å². The van der Waals surface area contributed by atoms with Crippen LogP contribution in [0.5, 0.6) is 0 Å². The minimum absolute atomic E-state index is 0.0261. The third kappa shape index (κ3) is 3.13. The van der Waals surface area contributed by atoms with Gasteiger partial charge in [0.1, 0.15) is 6.04 Å². The van der Waals surface area contributed by atoms with Gasteiger partial charge in [-0.3, -0.25) is 14.4 Å². The molecule has 0 aliphatic carbocycles. The molecule has 3 saturated heterocycles. The van der Waals surface area contributed by atoms with E-state index in [0.717, 1.165) is 5.56 Å². The summed E-state index contributed by atoms with van der Waals surface area (Å²) >= 11 is 1.50. The first-order valence-corrected chi connectivity index (χ1v) is 11.1. The van der Waals surface area contributed by atoms with Crippen LogP contribution in [0.25, 0.3) is 0 Å². The lowest BCUT2D eigenvalue weighted by Gasteiger charge is -2.37. The predicted molar refractivity (Wildman–Crippen MR) is 113 cm³/mol. The highest BCUT2D eigenvalue weighted by Crippen LogP contribution is 2.66. The number of benzene rings is 1. The molecule has 160 valence electrons. The summed E-state index contributed by atoms with van der Waals surface area (Å²) in [6.45, 7) is 4.22. The van der Waals surface area contributed by atoms with Gasteiger partial charge >= 0.3 is 5.97 Å². The highest BCUT2D eigenvalue weighted by molar-refractivity contribution is 8.02. The highest BCUT2D eigenvalue weighted by Gasteiger charge is 2.73. The number of aliphatic hydroxyl groups excluding tert-OH is 1. The number of carboxylic acids is 1. The van der Waals surface area contributed by atoms with Gasteiger partial charge in [-0.2, -0.15) is 0 Å². The summed E-state index contributed by atoms with van der Waals surface area (Å²) in [7, 11) is 0. The lowest BCUT2D eigenvalue weighted by molar-refractivity contribution is -0.148. The number of carboxylic acid groups (broad SMARTS) is 1. The van der Waals surface area contributed by atoms with Crippen molar-refractivity contribution in [2.75, 3.05) is 19.7 Å². The number of carbonyl (C=O) groups is 3. The van der Waals surface area contributed by atoms with E-state index in [9.17, 15) is 24.6 Å². The molecule has 0 radical (unpaired) electrons. The number of fused-ring (bicyclic) bond motifs is 1. The molecule has 3 aliphatic rings. The Balaban J connectivity index is 1.70. The first kappa shape index (κ1) is 20.9. The quantitative estimate of drug-likeness (QED) is 0.605. The normalized spacial score (nSPS) is 31.6. The summed E-state index contributed by atoms with van der Waals surface area (Å²) in [6.07, 6.45) is 2.97. The minimum Gasteiger partial charge on any atom is -0.481 e. The number of nitrogens with zero attached hydrogens (tertiary/aromatic N) is 2. The van der Waals surface area contributed by atoms with Gasteiger partial charge < -0.3 is 20.0 Å². The van der Waals surface area contributed by atoms with Gasteiger partial charge in [-0.05, 0) is 18.4 Å². The van der Waals surface area contributed by atoms with Crippen molar-refractivity contribution in [2.45, 2.75) is 35.4 Å². The Kier molecular flexibility index (Phi) is 5.63. The standard InChI is InChI=1S/C22H26N2O5S/c1-2-10-23(13-14-6-4-3-5-7-14)20(27)18-22-9-8-15(30-22)16(21(28)29)17(22)19(26)24(18)11-12-25/h2-7,15-18,25H,1,8-13H2,(H,28,29)/t15-,16+,17-,18?,22?/m0/s1. The van der Waals surface area contributed by atoms with Crippen molar-refractivity contribution in [3.63, 3.8) is 0 Å². The van der Waals surface area contributed by atoms with E-state index in [1.807, 2.05) is 30.3 Å². The fourth-order valence-corrected chi connectivity index (χ4v) is 7.63. The molecule has 7 nitrogen and oxygen atoms in total. The first-order valence-electron chi connectivity index (χ1n) is 10.2. The monoisotopic (exact) mass is 430 g/mol. The molecule has 2 bridgehead atoms. The third-order valence-electron chi connectivity index (χ3n) is 6.54. The number of aliphatic hydroxyl groups is 1. The Labute approximate surface area is 179 Å². The second-order valence-corrected chi connectivity index (χ2v) is 9.74. The number of β-amino-alcohol motifs (C(OH)–C–C–N with tert-alkyl or cyclic N) is 1. The van der Waals surface area contributed by atoms with E-state index in [2.05, 4.69) is 6.58 Å². The van der Waals surface area contributed by atoms with Crippen molar-refractivity contribution in [2.24, 2.45) is 11.8 Å². The molecule has 2 N–H and O–H groups in total. The van der Waals surface area contributed by atoms with Crippen LogP contribution in [0.15, 0.2) is 43.0 Å². The average molecular weight is 431 g/mol. The zero-order valence-electron chi connectivity index (χ0n) is 16.6. The van der Waals surface area contributed by atoms with E-state index in [1.54, 1.807) is 11.0 Å². The number of carbonyl (C=O) groups excluding carboxylic acids is 2. The first-order chi connectivity index (χ1) is 14.4. The Morgan fingerprint density at radius 3 is 2.70 bits per heavy atom. The van der Waals surface area contributed by atoms with E-state index in [4.69, 9.17) is 0 Å². The Morgan fingerprint density at radius 1 is 1.33 bits per heavy atom. The van der Waals surface area contributed by atoms with Crippen molar-refractivity contribution in [1.29, 1.82) is 0 Å². The van der Waals surface area contributed by atoms with Crippen LogP contribution in [-0.2, 0) is 20.9 Å².